The van der Waals surface area contributed by atoms with Gasteiger partial charge in [-0.05, 0) is 62.4 Å². The standard InChI is InChI=1S/C15H20Br2N2O/c1-2-3-4-14(19-7-5-18-6-8-19)11-9-12(16)15(20)13(17)10-11/h2,9-10,14,18,20H,1,3-8H2/t14-/m1/s1. The van der Waals surface area contributed by atoms with Crippen molar-refractivity contribution in [2.75, 3.05) is 26.2 Å². The summed E-state index contributed by atoms with van der Waals surface area (Å²) in [6.45, 7) is 8.00. The number of benzene rings is 1. The molecule has 3 nitrogen and oxygen atoms in total. The first kappa shape index (κ1) is 16.0. The van der Waals surface area contributed by atoms with E-state index < -0.39 is 0 Å². The molecule has 1 aliphatic heterocycles. The summed E-state index contributed by atoms with van der Waals surface area (Å²) in [6, 6.07) is 4.41. The fourth-order valence-corrected chi connectivity index (χ4v) is 3.83. The van der Waals surface area contributed by atoms with Gasteiger partial charge in [-0.25, -0.2) is 0 Å². The molecule has 5 heteroatoms. The van der Waals surface area contributed by atoms with Crippen LogP contribution in [0.15, 0.2) is 33.7 Å². The predicted molar refractivity (Wildman–Crippen MR) is 90.1 cm³/mol. The summed E-state index contributed by atoms with van der Waals surface area (Å²) in [6.07, 6.45) is 4.01. The average molecular weight is 404 g/mol. The van der Waals surface area contributed by atoms with Crippen LogP contribution in [-0.4, -0.2) is 36.2 Å². The van der Waals surface area contributed by atoms with Crippen LogP contribution in [0.5, 0.6) is 5.75 Å². The van der Waals surface area contributed by atoms with E-state index in [9.17, 15) is 5.11 Å². The van der Waals surface area contributed by atoms with Crippen molar-refractivity contribution < 1.29 is 5.11 Å². The Kier molecular flexibility index (Phi) is 6.08. The topological polar surface area (TPSA) is 35.5 Å². The van der Waals surface area contributed by atoms with Crippen molar-refractivity contribution in [3.05, 3.63) is 39.3 Å². The van der Waals surface area contributed by atoms with Gasteiger partial charge in [0.15, 0.2) is 0 Å². The van der Waals surface area contributed by atoms with Gasteiger partial charge in [0, 0.05) is 32.2 Å². The maximum atomic E-state index is 9.87. The molecule has 0 aliphatic carbocycles. The van der Waals surface area contributed by atoms with Gasteiger partial charge in [0.05, 0.1) is 8.95 Å². The molecule has 0 bridgehead atoms. The van der Waals surface area contributed by atoms with Gasteiger partial charge in [0.1, 0.15) is 5.75 Å². The molecule has 110 valence electrons. The van der Waals surface area contributed by atoms with Crippen LogP contribution in [-0.2, 0) is 0 Å². The molecular formula is C15H20Br2N2O. The third kappa shape index (κ3) is 3.85. The number of piperazine rings is 1. The summed E-state index contributed by atoms with van der Waals surface area (Å²) in [5, 5.41) is 13.3. The zero-order valence-electron chi connectivity index (χ0n) is 11.4. The van der Waals surface area contributed by atoms with Gasteiger partial charge >= 0.3 is 0 Å². The van der Waals surface area contributed by atoms with E-state index in [0.717, 1.165) is 48.0 Å². The second-order valence-corrected chi connectivity index (χ2v) is 6.71. The minimum absolute atomic E-state index is 0.261. The van der Waals surface area contributed by atoms with E-state index in [-0.39, 0.29) is 5.75 Å². The summed E-state index contributed by atoms with van der Waals surface area (Å²) in [5.41, 5.74) is 1.23. The predicted octanol–water partition coefficient (Wildman–Crippen LogP) is 3.83. The quantitative estimate of drug-likeness (QED) is 0.733. The van der Waals surface area contributed by atoms with Crippen LogP contribution in [0.1, 0.15) is 24.4 Å². The number of hydrogen-bond acceptors (Lipinski definition) is 3. The van der Waals surface area contributed by atoms with E-state index in [4.69, 9.17) is 0 Å². The van der Waals surface area contributed by atoms with Gasteiger partial charge < -0.3 is 10.4 Å². The normalized spacial score (nSPS) is 17.9. The van der Waals surface area contributed by atoms with Crippen molar-refractivity contribution in [3.63, 3.8) is 0 Å². The number of halogens is 2. The largest absolute Gasteiger partial charge is 0.506 e. The van der Waals surface area contributed by atoms with Gasteiger partial charge in [-0.2, -0.15) is 0 Å². The van der Waals surface area contributed by atoms with E-state index in [0.29, 0.717) is 6.04 Å². The van der Waals surface area contributed by atoms with Crippen molar-refractivity contribution >= 4 is 31.9 Å². The maximum absolute atomic E-state index is 9.87. The lowest BCUT2D eigenvalue weighted by molar-refractivity contribution is 0.166. The molecule has 0 spiro atoms. The van der Waals surface area contributed by atoms with Crippen LogP contribution in [0.3, 0.4) is 0 Å². The third-order valence-corrected chi connectivity index (χ3v) is 4.87. The van der Waals surface area contributed by atoms with Crippen molar-refractivity contribution in [1.29, 1.82) is 0 Å². The summed E-state index contributed by atoms with van der Waals surface area (Å²) < 4.78 is 1.47. The highest BCUT2D eigenvalue weighted by molar-refractivity contribution is 9.11. The lowest BCUT2D eigenvalue weighted by Gasteiger charge is -2.35. The lowest BCUT2D eigenvalue weighted by Crippen LogP contribution is -2.45. The second kappa shape index (κ2) is 7.59. The summed E-state index contributed by atoms with van der Waals surface area (Å²) >= 11 is 6.85. The van der Waals surface area contributed by atoms with E-state index in [2.05, 4.69) is 48.7 Å². The lowest BCUT2D eigenvalue weighted by atomic mass is 9.99. The zero-order chi connectivity index (χ0) is 14.5. The molecule has 1 atom stereocenters. The molecule has 0 saturated carbocycles. The number of allylic oxidation sites excluding steroid dienone is 1. The first-order valence-electron chi connectivity index (χ1n) is 6.87. The molecule has 20 heavy (non-hydrogen) atoms. The molecule has 2 rings (SSSR count). The number of phenols is 1. The van der Waals surface area contributed by atoms with Crippen LogP contribution < -0.4 is 5.32 Å². The summed E-state index contributed by atoms with van der Waals surface area (Å²) in [5.74, 6) is 0.261. The molecule has 0 aromatic heterocycles. The van der Waals surface area contributed by atoms with Crippen molar-refractivity contribution in [3.8, 4) is 5.75 Å². The molecule has 0 amide bonds. The van der Waals surface area contributed by atoms with Crippen LogP contribution >= 0.6 is 31.9 Å². The number of hydrogen-bond donors (Lipinski definition) is 2. The minimum atomic E-state index is 0.261. The molecule has 1 aromatic rings. The van der Waals surface area contributed by atoms with Gasteiger partial charge in [0.2, 0.25) is 0 Å². The summed E-state index contributed by atoms with van der Waals surface area (Å²) in [7, 11) is 0. The monoisotopic (exact) mass is 402 g/mol. The van der Waals surface area contributed by atoms with Gasteiger partial charge in [-0.15, -0.1) is 6.58 Å². The van der Waals surface area contributed by atoms with Gasteiger partial charge in [-0.1, -0.05) is 6.08 Å². The number of nitrogens with zero attached hydrogens (tertiary/aromatic N) is 1. The number of nitrogens with one attached hydrogen (secondary N) is 1. The summed E-state index contributed by atoms with van der Waals surface area (Å²) in [4.78, 5) is 2.51. The zero-order valence-corrected chi connectivity index (χ0v) is 14.6. The number of aromatic hydroxyl groups is 1. The fraction of sp³-hybridized carbons (Fsp3) is 0.467. The Labute approximate surface area is 137 Å². The highest BCUT2D eigenvalue weighted by Crippen LogP contribution is 2.37. The first-order chi connectivity index (χ1) is 9.63. The fourth-order valence-electron chi connectivity index (χ4n) is 2.61. The molecule has 1 aromatic carbocycles. The maximum Gasteiger partial charge on any atom is 0.143 e. The van der Waals surface area contributed by atoms with Crippen molar-refractivity contribution in [2.45, 2.75) is 18.9 Å². The molecule has 1 fully saturated rings. The molecule has 0 radical (unpaired) electrons. The van der Waals surface area contributed by atoms with Crippen LogP contribution in [0.25, 0.3) is 0 Å². The Bertz CT molecular complexity index is 450. The van der Waals surface area contributed by atoms with E-state index in [1.807, 2.05) is 18.2 Å². The Hall–Kier alpha value is -0.360. The molecule has 1 aliphatic rings. The molecular weight excluding hydrogens is 384 g/mol. The molecule has 1 heterocycles. The van der Waals surface area contributed by atoms with Crippen LogP contribution in [0.2, 0.25) is 0 Å². The van der Waals surface area contributed by atoms with Crippen molar-refractivity contribution in [2.24, 2.45) is 0 Å². The second-order valence-electron chi connectivity index (χ2n) is 5.00. The third-order valence-electron chi connectivity index (χ3n) is 3.66. The average Bonchev–Trinajstić information content (AvgIpc) is 2.46. The minimum Gasteiger partial charge on any atom is -0.506 e. The number of rotatable bonds is 5. The first-order valence-corrected chi connectivity index (χ1v) is 8.45. The SMILES string of the molecule is C=CCC[C@H](c1cc(Br)c(O)c(Br)c1)N1CCNCC1. The Balaban J connectivity index is 2.27. The van der Waals surface area contributed by atoms with E-state index in [1.54, 1.807) is 0 Å². The Morgan fingerprint density at radius 1 is 1.30 bits per heavy atom. The smallest absolute Gasteiger partial charge is 0.143 e. The number of phenolic OH excluding ortho intramolecular Hbond substituents is 1. The Morgan fingerprint density at radius 3 is 2.45 bits per heavy atom. The highest BCUT2D eigenvalue weighted by Gasteiger charge is 2.23. The van der Waals surface area contributed by atoms with Gasteiger partial charge in [0.25, 0.3) is 0 Å². The van der Waals surface area contributed by atoms with Crippen molar-refractivity contribution in [1.82, 2.24) is 10.2 Å². The molecule has 1 saturated heterocycles. The van der Waals surface area contributed by atoms with E-state index >= 15 is 0 Å². The highest BCUT2D eigenvalue weighted by atomic mass is 79.9. The Morgan fingerprint density at radius 2 is 1.90 bits per heavy atom. The molecule has 2 N–H and O–H groups in total. The van der Waals surface area contributed by atoms with Gasteiger partial charge in [-0.3, -0.25) is 4.90 Å². The van der Waals surface area contributed by atoms with Crippen LogP contribution in [0.4, 0.5) is 0 Å². The molecule has 0 unspecified atom stereocenters. The van der Waals surface area contributed by atoms with E-state index in [1.165, 1.54) is 5.56 Å². The van der Waals surface area contributed by atoms with Crippen LogP contribution in [0, 0.1) is 0 Å².